The van der Waals surface area contributed by atoms with Crippen molar-refractivity contribution < 1.29 is 4.79 Å². The molecule has 1 aromatic heterocycles. The predicted molar refractivity (Wildman–Crippen MR) is 73.7 cm³/mol. The number of aryl methyl sites for hydroxylation is 1. The molecule has 1 heterocycles. The van der Waals surface area contributed by atoms with Gasteiger partial charge >= 0.3 is 0 Å². The third kappa shape index (κ3) is 2.77. The number of pyridine rings is 1. The van der Waals surface area contributed by atoms with E-state index in [0.29, 0.717) is 11.3 Å². The largest absolute Gasteiger partial charge is 0.366 e. The van der Waals surface area contributed by atoms with E-state index in [1.807, 2.05) is 13.0 Å². The van der Waals surface area contributed by atoms with Crippen molar-refractivity contribution in [2.45, 2.75) is 13.0 Å². The van der Waals surface area contributed by atoms with Gasteiger partial charge in [0.05, 0.1) is 0 Å². The summed E-state index contributed by atoms with van der Waals surface area (Å²) in [4.78, 5) is 15.3. The summed E-state index contributed by atoms with van der Waals surface area (Å²) in [6.07, 6.45) is 6.62. The molecule has 5 nitrogen and oxygen atoms in total. The molecule has 1 amide bonds. The summed E-state index contributed by atoms with van der Waals surface area (Å²) in [5, 5.41) is 8.24. The van der Waals surface area contributed by atoms with Gasteiger partial charge in [-0.2, -0.15) is 0 Å². The van der Waals surface area contributed by atoms with Crippen molar-refractivity contribution in [1.29, 1.82) is 5.41 Å². The second-order valence-electron chi connectivity index (χ2n) is 4.55. The summed E-state index contributed by atoms with van der Waals surface area (Å²) in [6.45, 7) is 1.86. The number of hydrogen-bond acceptors (Lipinski definition) is 4. The van der Waals surface area contributed by atoms with Crippen molar-refractivity contribution in [3.8, 4) is 0 Å². The summed E-state index contributed by atoms with van der Waals surface area (Å²) in [5.74, 6) is -0.860. The molecule has 0 aliphatic heterocycles. The Bertz CT molecular complexity index is 589. The topological polar surface area (TPSA) is 106 Å². The van der Waals surface area contributed by atoms with Crippen LogP contribution in [0.2, 0.25) is 0 Å². The van der Waals surface area contributed by atoms with Gasteiger partial charge in [-0.15, -0.1) is 0 Å². The van der Waals surface area contributed by atoms with Crippen LogP contribution in [0.3, 0.4) is 0 Å². The molecular formula is C14H16N4O. The average Bonchev–Trinajstić information content (AvgIpc) is 2.38. The Morgan fingerprint density at radius 2 is 2.21 bits per heavy atom. The van der Waals surface area contributed by atoms with Crippen LogP contribution in [0.15, 0.2) is 42.1 Å². The fourth-order valence-corrected chi connectivity index (χ4v) is 2.04. The van der Waals surface area contributed by atoms with Gasteiger partial charge in [-0.1, -0.05) is 18.2 Å². The summed E-state index contributed by atoms with van der Waals surface area (Å²) >= 11 is 0. The van der Waals surface area contributed by atoms with E-state index in [4.69, 9.17) is 16.9 Å². The van der Waals surface area contributed by atoms with Crippen molar-refractivity contribution in [2.24, 2.45) is 17.4 Å². The van der Waals surface area contributed by atoms with Gasteiger partial charge < -0.3 is 16.9 Å². The highest BCUT2D eigenvalue weighted by Crippen LogP contribution is 2.20. The minimum absolute atomic E-state index is 0.330. The Hall–Kier alpha value is -2.27. The lowest BCUT2D eigenvalue weighted by atomic mass is 9.85. The number of carbonyl (C=O) groups excluding carboxylic acids is 1. The first kappa shape index (κ1) is 13.2. The van der Waals surface area contributed by atoms with Crippen LogP contribution in [0.1, 0.15) is 11.3 Å². The molecule has 2 rings (SSSR count). The maximum absolute atomic E-state index is 11.2. The Kier molecular flexibility index (Phi) is 3.57. The molecule has 98 valence electrons. The lowest BCUT2D eigenvalue weighted by Gasteiger charge is -2.23. The Balaban J connectivity index is 2.32. The maximum atomic E-state index is 11.2. The molecule has 2 unspecified atom stereocenters. The highest BCUT2D eigenvalue weighted by Gasteiger charge is 2.24. The van der Waals surface area contributed by atoms with Crippen LogP contribution in [-0.4, -0.2) is 22.6 Å². The Morgan fingerprint density at radius 1 is 1.47 bits per heavy atom. The second-order valence-corrected chi connectivity index (χ2v) is 4.55. The van der Waals surface area contributed by atoms with Gasteiger partial charge in [0.25, 0.3) is 0 Å². The van der Waals surface area contributed by atoms with Gasteiger partial charge in [-0.3, -0.25) is 9.78 Å². The lowest BCUT2D eigenvalue weighted by Crippen LogP contribution is -2.35. The van der Waals surface area contributed by atoms with E-state index >= 15 is 0 Å². The molecule has 0 saturated heterocycles. The smallest absolute Gasteiger partial charge is 0.248 e. The molecular weight excluding hydrogens is 240 g/mol. The first-order valence-electron chi connectivity index (χ1n) is 5.96. The van der Waals surface area contributed by atoms with Crippen LogP contribution < -0.4 is 11.5 Å². The van der Waals surface area contributed by atoms with Gasteiger partial charge in [-0.05, 0) is 24.6 Å². The summed E-state index contributed by atoms with van der Waals surface area (Å²) < 4.78 is 0. The van der Waals surface area contributed by atoms with Crippen LogP contribution in [-0.2, 0) is 4.79 Å². The molecule has 0 aromatic carbocycles. The zero-order valence-electron chi connectivity index (χ0n) is 10.6. The quantitative estimate of drug-likeness (QED) is 0.692. The van der Waals surface area contributed by atoms with Crippen molar-refractivity contribution in [1.82, 2.24) is 4.98 Å². The van der Waals surface area contributed by atoms with Gasteiger partial charge in [0.15, 0.2) is 0 Å². The molecule has 5 heteroatoms. The SMILES string of the molecule is Cc1cc(C(=N)C2C=C(C(N)=O)C=CC2N)ccn1. The van der Waals surface area contributed by atoms with Crippen LogP contribution in [0, 0.1) is 18.3 Å². The fourth-order valence-electron chi connectivity index (χ4n) is 2.04. The molecule has 2 atom stereocenters. The standard InChI is InChI=1S/C14H16N4O/c1-8-6-9(4-5-18-8)13(16)11-7-10(14(17)19)2-3-12(11)15/h2-7,11-12,16H,15H2,1H3,(H2,17,19). The van der Waals surface area contributed by atoms with E-state index in [0.717, 1.165) is 11.3 Å². The van der Waals surface area contributed by atoms with Crippen molar-refractivity contribution in [3.05, 3.63) is 53.4 Å². The highest BCUT2D eigenvalue weighted by molar-refractivity contribution is 6.04. The summed E-state index contributed by atoms with van der Waals surface area (Å²) in [7, 11) is 0. The van der Waals surface area contributed by atoms with E-state index in [1.54, 1.807) is 30.5 Å². The first-order valence-corrected chi connectivity index (χ1v) is 5.96. The third-order valence-electron chi connectivity index (χ3n) is 3.10. The lowest BCUT2D eigenvalue weighted by molar-refractivity contribution is -0.114. The number of hydrogen-bond donors (Lipinski definition) is 3. The number of aromatic nitrogens is 1. The van der Waals surface area contributed by atoms with Gasteiger partial charge in [-0.25, -0.2) is 0 Å². The first-order chi connectivity index (χ1) is 8.99. The van der Waals surface area contributed by atoms with Crippen LogP contribution in [0.4, 0.5) is 0 Å². The van der Waals surface area contributed by atoms with Gasteiger partial charge in [0.1, 0.15) is 0 Å². The molecule has 0 fully saturated rings. The number of nitrogens with one attached hydrogen (secondary N) is 1. The number of nitrogens with zero attached hydrogens (tertiary/aromatic N) is 1. The van der Waals surface area contributed by atoms with Crippen molar-refractivity contribution >= 4 is 11.6 Å². The molecule has 5 N–H and O–H groups in total. The van der Waals surface area contributed by atoms with E-state index in [-0.39, 0.29) is 12.0 Å². The molecule has 1 aliphatic rings. The number of carbonyl (C=O) groups is 1. The number of nitrogens with two attached hydrogens (primary N) is 2. The number of rotatable bonds is 3. The molecule has 0 bridgehead atoms. The predicted octanol–water partition coefficient (Wildman–Crippen LogP) is 0.683. The van der Waals surface area contributed by atoms with E-state index in [9.17, 15) is 4.79 Å². The minimum Gasteiger partial charge on any atom is -0.366 e. The van der Waals surface area contributed by atoms with E-state index in [2.05, 4.69) is 4.98 Å². The van der Waals surface area contributed by atoms with Crippen LogP contribution in [0.5, 0.6) is 0 Å². The Morgan fingerprint density at radius 3 is 2.84 bits per heavy atom. The summed E-state index contributed by atoms with van der Waals surface area (Å²) in [5.41, 5.74) is 13.6. The zero-order valence-corrected chi connectivity index (χ0v) is 10.6. The zero-order chi connectivity index (χ0) is 14.0. The van der Waals surface area contributed by atoms with Crippen molar-refractivity contribution in [2.75, 3.05) is 0 Å². The third-order valence-corrected chi connectivity index (χ3v) is 3.10. The highest BCUT2D eigenvalue weighted by atomic mass is 16.1. The van der Waals surface area contributed by atoms with Crippen molar-refractivity contribution in [3.63, 3.8) is 0 Å². The average molecular weight is 256 g/mol. The summed E-state index contributed by atoms with van der Waals surface area (Å²) in [6, 6.07) is 3.26. The van der Waals surface area contributed by atoms with Crippen LogP contribution >= 0.6 is 0 Å². The normalized spacial score (nSPS) is 21.9. The molecule has 0 radical (unpaired) electrons. The number of amides is 1. The van der Waals surface area contributed by atoms with E-state index in [1.165, 1.54) is 0 Å². The molecule has 19 heavy (non-hydrogen) atoms. The molecule has 1 aromatic rings. The fraction of sp³-hybridized carbons (Fsp3) is 0.214. The maximum Gasteiger partial charge on any atom is 0.248 e. The van der Waals surface area contributed by atoms with Gasteiger partial charge in [0, 0.05) is 35.1 Å². The van der Waals surface area contributed by atoms with Gasteiger partial charge in [0.2, 0.25) is 5.91 Å². The monoisotopic (exact) mass is 256 g/mol. The second kappa shape index (κ2) is 5.16. The molecule has 1 aliphatic carbocycles. The molecule has 0 saturated carbocycles. The Labute approximate surface area is 111 Å². The van der Waals surface area contributed by atoms with E-state index < -0.39 is 5.91 Å². The number of primary amides is 1. The van der Waals surface area contributed by atoms with Crippen LogP contribution in [0.25, 0.3) is 0 Å². The minimum atomic E-state index is -0.508. The molecule has 0 spiro atoms.